The molecular formula is C19H21F3N2O3. The predicted molar refractivity (Wildman–Crippen MR) is 93.2 cm³/mol. The summed E-state index contributed by atoms with van der Waals surface area (Å²) in [7, 11) is 0. The van der Waals surface area contributed by atoms with Crippen LogP contribution in [-0.2, 0) is 6.54 Å². The number of halogens is 3. The monoisotopic (exact) mass is 382 g/mol. The third kappa shape index (κ3) is 6.47. The van der Waals surface area contributed by atoms with Gasteiger partial charge in [0.05, 0.1) is 12.8 Å². The zero-order valence-corrected chi connectivity index (χ0v) is 15.3. The molecule has 1 aromatic carbocycles. The van der Waals surface area contributed by atoms with Crippen LogP contribution >= 0.6 is 0 Å². The van der Waals surface area contributed by atoms with Gasteiger partial charge in [0.25, 0.3) is 11.8 Å². The first-order chi connectivity index (χ1) is 12.4. The minimum atomic E-state index is -4.55. The molecule has 0 fully saturated rings. The lowest BCUT2D eigenvalue weighted by atomic mass is 10.1. The van der Waals surface area contributed by atoms with E-state index in [0.29, 0.717) is 10.5 Å². The second-order valence-corrected chi connectivity index (χ2v) is 7.14. The Morgan fingerprint density at radius 3 is 2.11 bits per heavy atom. The molecule has 1 heterocycles. The second kappa shape index (κ2) is 7.85. The van der Waals surface area contributed by atoms with Crippen molar-refractivity contribution < 1.29 is 27.2 Å². The van der Waals surface area contributed by atoms with Gasteiger partial charge in [0.2, 0.25) is 0 Å². The van der Waals surface area contributed by atoms with E-state index in [1.165, 1.54) is 42.7 Å². The number of nitrogens with zero attached hydrogens (tertiary/aromatic N) is 1. The summed E-state index contributed by atoms with van der Waals surface area (Å²) in [6.07, 6.45) is -3.22. The van der Waals surface area contributed by atoms with Gasteiger partial charge in [-0.05, 0) is 57.2 Å². The number of alkyl halides is 3. The van der Waals surface area contributed by atoms with Gasteiger partial charge in [-0.1, -0.05) is 0 Å². The molecule has 0 aliphatic heterocycles. The highest BCUT2D eigenvalue weighted by atomic mass is 19.4. The van der Waals surface area contributed by atoms with Crippen molar-refractivity contribution in [3.63, 3.8) is 0 Å². The van der Waals surface area contributed by atoms with Gasteiger partial charge < -0.3 is 14.6 Å². The number of rotatable bonds is 5. The van der Waals surface area contributed by atoms with E-state index in [1.54, 1.807) is 0 Å². The van der Waals surface area contributed by atoms with E-state index < -0.39 is 24.2 Å². The third-order valence-corrected chi connectivity index (χ3v) is 3.47. The second-order valence-electron chi connectivity index (χ2n) is 7.14. The Balaban J connectivity index is 2.17. The molecule has 0 bridgehead atoms. The number of amides is 2. The highest BCUT2D eigenvalue weighted by Crippen LogP contribution is 2.20. The first-order valence-electron chi connectivity index (χ1n) is 8.25. The maximum absolute atomic E-state index is 12.9. The fourth-order valence-electron chi connectivity index (χ4n) is 2.37. The Hall–Kier alpha value is -2.77. The third-order valence-electron chi connectivity index (χ3n) is 3.47. The molecule has 2 aromatic rings. The standard InChI is InChI=1S/C19H21F3N2O3/c1-18(2,3)23-16(25)13-6-8-14(9-7-13)17(26)24(12-19(20,21)22)11-15-5-4-10-27-15/h4-10H,11-12H2,1-3H3,(H,23,25). The van der Waals surface area contributed by atoms with Crippen LogP contribution in [0.1, 0.15) is 47.2 Å². The van der Waals surface area contributed by atoms with Crippen molar-refractivity contribution in [2.75, 3.05) is 6.54 Å². The molecule has 1 aromatic heterocycles. The van der Waals surface area contributed by atoms with E-state index in [1.807, 2.05) is 20.8 Å². The van der Waals surface area contributed by atoms with E-state index >= 15 is 0 Å². The minimum Gasteiger partial charge on any atom is -0.467 e. The average molecular weight is 382 g/mol. The summed E-state index contributed by atoms with van der Waals surface area (Å²) in [5, 5.41) is 2.77. The molecular weight excluding hydrogens is 361 g/mol. The van der Waals surface area contributed by atoms with E-state index in [4.69, 9.17) is 4.42 Å². The van der Waals surface area contributed by atoms with Gasteiger partial charge in [-0.2, -0.15) is 13.2 Å². The van der Waals surface area contributed by atoms with Crippen LogP contribution < -0.4 is 5.32 Å². The Morgan fingerprint density at radius 2 is 1.63 bits per heavy atom. The van der Waals surface area contributed by atoms with Gasteiger partial charge in [-0.25, -0.2) is 0 Å². The van der Waals surface area contributed by atoms with Gasteiger partial charge in [0.15, 0.2) is 0 Å². The Morgan fingerprint density at radius 1 is 1.04 bits per heavy atom. The van der Waals surface area contributed by atoms with Crippen molar-refractivity contribution in [1.82, 2.24) is 10.2 Å². The summed E-state index contributed by atoms with van der Waals surface area (Å²) in [6, 6.07) is 8.53. The lowest BCUT2D eigenvalue weighted by Gasteiger charge is -2.23. The first-order valence-corrected chi connectivity index (χ1v) is 8.25. The Bertz CT molecular complexity index is 776. The Labute approximate surface area is 155 Å². The number of hydrogen-bond donors (Lipinski definition) is 1. The van der Waals surface area contributed by atoms with Gasteiger partial charge in [-0.3, -0.25) is 9.59 Å². The van der Waals surface area contributed by atoms with Crippen LogP contribution in [0.2, 0.25) is 0 Å². The van der Waals surface area contributed by atoms with Gasteiger partial charge in [0, 0.05) is 16.7 Å². The van der Waals surface area contributed by atoms with Crippen molar-refractivity contribution >= 4 is 11.8 Å². The summed E-state index contributed by atoms with van der Waals surface area (Å²) < 4.78 is 43.6. The van der Waals surface area contributed by atoms with Crippen molar-refractivity contribution in [3.8, 4) is 0 Å². The molecule has 0 aliphatic carbocycles. The number of furan rings is 1. The smallest absolute Gasteiger partial charge is 0.406 e. The number of hydrogen-bond acceptors (Lipinski definition) is 3. The van der Waals surface area contributed by atoms with Crippen LogP contribution in [0.25, 0.3) is 0 Å². The molecule has 1 N–H and O–H groups in total. The number of carbonyl (C=O) groups is 2. The van der Waals surface area contributed by atoms with E-state index in [2.05, 4.69) is 5.32 Å². The lowest BCUT2D eigenvalue weighted by Crippen LogP contribution is -2.40. The van der Waals surface area contributed by atoms with Crippen LogP contribution in [0.4, 0.5) is 13.2 Å². The van der Waals surface area contributed by atoms with Crippen LogP contribution in [0.3, 0.4) is 0 Å². The summed E-state index contributed by atoms with van der Waals surface area (Å²) in [6.45, 7) is 3.77. The molecule has 146 valence electrons. The van der Waals surface area contributed by atoms with Crippen LogP contribution in [0.5, 0.6) is 0 Å². The average Bonchev–Trinajstić information content (AvgIpc) is 3.04. The zero-order chi connectivity index (χ0) is 20.2. The van der Waals surface area contributed by atoms with Crippen molar-refractivity contribution in [2.24, 2.45) is 0 Å². The molecule has 0 radical (unpaired) electrons. The molecule has 2 rings (SSSR count). The first kappa shape index (κ1) is 20.5. The normalized spacial score (nSPS) is 11.9. The van der Waals surface area contributed by atoms with Crippen molar-refractivity contribution in [1.29, 1.82) is 0 Å². The molecule has 0 spiro atoms. The fraction of sp³-hybridized carbons (Fsp3) is 0.368. The summed E-state index contributed by atoms with van der Waals surface area (Å²) >= 11 is 0. The highest BCUT2D eigenvalue weighted by Gasteiger charge is 2.34. The topological polar surface area (TPSA) is 62.6 Å². The van der Waals surface area contributed by atoms with Gasteiger partial charge in [0.1, 0.15) is 12.3 Å². The maximum Gasteiger partial charge on any atom is 0.406 e. The largest absolute Gasteiger partial charge is 0.467 e. The number of nitrogens with one attached hydrogen (secondary N) is 1. The number of carbonyl (C=O) groups excluding carboxylic acids is 2. The molecule has 0 saturated heterocycles. The molecule has 27 heavy (non-hydrogen) atoms. The minimum absolute atomic E-state index is 0.0538. The maximum atomic E-state index is 12.9. The molecule has 2 amide bonds. The quantitative estimate of drug-likeness (QED) is 0.850. The number of benzene rings is 1. The van der Waals surface area contributed by atoms with Crippen molar-refractivity contribution in [2.45, 2.75) is 39.0 Å². The molecule has 0 atom stereocenters. The Kier molecular flexibility index (Phi) is 5.98. The zero-order valence-electron chi connectivity index (χ0n) is 15.3. The predicted octanol–water partition coefficient (Wildman–Crippen LogP) is 4.01. The highest BCUT2D eigenvalue weighted by molar-refractivity contribution is 5.98. The van der Waals surface area contributed by atoms with E-state index in [0.717, 1.165) is 0 Å². The van der Waals surface area contributed by atoms with E-state index in [9.17, 15) is 22.8 Å². The van der Waals surface area contributed by atoms with E-state index in [-0.39, 0.29) is 23.8 Å². The van der Waals surface area contributed by atoms with Gasteiger partial charge >= 0.3 is 6.18 Å². The molecule has 8 heteroatoms. The summed E-state index contributed by atoms with van der Waals surface area (Å²) in [4.78, 5) is 25.3. The molecule has 0 unspecified atom stereocenters. The SMILES string of the molecule is CC(C)(C)NC(=O)c1ccc(C(=O)N(Cc2ccco2)CC(F)(F)F)cc1. The fourth-order valence-corrected chi connectivity index (χ4v) is 2.37. The van der Waals surface area contributed by atoms with Crippen LogP contribution in [0.15, 0.2) is 47.1 Å². The molecule has 0 aliphatic rings. The van der Waals surface area contributed by atoms with Crippen LogP contribution in [-0.4, -0.2) is 35.0 Å². The molecule has 0 saturated carbocycles. The van der Waals surface area contributed by atoms with Gasteiger partial charge in [-0.15, -0.1) is 0 Å². The molecule has 5 nitrogen and oxygen atoms in total. The lowest BCUT2D eigenvalue weighted by molar-refractivity contribution is -0.142. The summed E-state index contributed by atoms with van der Waals surface area (Å²) in [5.74, 6) is -0.885. The van der Waals surface area contributed by atoms with Crippen molar-refractivity contribution in [3.05, 3.63) is 59.5 Å². The summed E-state index contributed by atoms with van der Waals surface area (Å²) in [5.41, 5.74) is -0.0639. The van der Waals surface area contributed by atoms with Crippen LogP contribution in [0, 0.1) is 0 Å².